The average molecular weight is 487 g/mol. The number of amides is 1. The molecule has 0 radical (unpaired) electrons. The Morgan fingerprint density at radius 2 is 1.97 bits per heavy atom. The predicted octanol–water partition coefficient (Wildman–Crippen LogP) is 6.55. The van der Waals surface area contributed by atoms with Gasteiger partial charge in [-0.2, -0.15) is 0 Å². The molecule has 1 aliphatic carbocycles. The maximum Gasteiger partial charge on any atom is 0.341 e. The summed E-state index contributed by atoms with van der Waals surface area (Å²) >= 11 is 7.79. The van der Waals surface area contributed by atoms with Crippen LogP contribution in [0, 0.1) is 18.3 Å². The van der Waals surface area contributed by atoms with Crippen LogP contribution in [0.15, 0.2) is 28.8 Å². The second-order valence-electron chi connectivity index (χ2n) is 9.40. The van der Waals surface area contributed by atoms with Gasteiger partial charge in [0.2, 0.25) is 0 Å². The van der Waals surface area contributed by atoms with Crippen LogP contribution in [0.5, 0.6) is 0 Å². The number of anilines is 1. The lowest BCUT2D eigenvalue weighted by molar-refractivity contribution is 0.0600. The number of aryl methyl sites for hydroxylation is 1. The van der Waals surface area contributed by atoms with Gasteiger partial charge in [-0.15, -0.1) is 11.3 Å². The summed E-state index contributed by atoms with van der Waals surface area (Å²) in [6, 6.07) is 7.15. The second kappa shape index (κ2) is 8.95. The van der Waals surface area contributed by atoms with Crippen molar-refractivity contribution in [3.8, 4) is 11.3 Å². The number of carbonyl (C=O) groups excluding carboxylic acids is 2. The zero-order valence-corrected chi connectivity index (χ0v) is 20.9. The molecule has 4 rings (SSSR count). The van der Waals surface area contributed by atoms with Crippen molar-refractivity contribution < 1.29 is 18.8 Å². The maximum absolute atomic E-state index is 13.4. The molecule has 1 atom stereocenters. The molecule has 174 valence electrons. The van der Waals surface area contributed by atoms with Gasteiger partial charge < -0.3 is 14.6 Å². The Morgan fingerprint density at radius 1 is 1.24 bits per heavy atom. The number of fused-ring (bicyclic) bond motifs is 1. The summed E-state index contributed by atoms with van der Waals surface area (Å²) in [5.74, 6) is 0.0335. The highest BCUT2D eigenvalue weighted by molar-refractivity contribution is 7.17. The summed E-state index contributed by atoms with van der Waals surface area (Å²) in [5, 5.41) is 7.99. The Labute approximate surface area is 202 Å². The third-order valence-corrected chi connectivity index (χ3v) is 7.82. The highest BCUT2D eigenvalue weighted by Crippen LogP contribution is 2.45. The normalized spacial score (nSPS) is 15.8. The summed E-state index contributed by atoms with van der Waals surface area (Å²) in [7, 11) is 1.36. The van der Waals surface area contributed by atoms with Crippen LogP contribution in [0.25, 0.3) is 11.3 Å². The van der Waals surface area contributed by atoms with Crippen molar-refractivity contribution in [2.45, 2.75) is 47.0 Å². The summed E-state index contributed by atoms with van der Waals surface area (Å²) < 4.78 is 10.4. The second-order valence-corrected chi connectivity index (χ2v) is 10.9. The average Bonchev–Trinajstić information content (AvgIpc) is 3.32. The number of hydrogen-bond acceptors (Lipinski definition) is 6. The van der Waals surface area contributed by atoms with Crippen LogP contribution in [0.1, 0.15) is 64.1 Å². The summed E-state index contributed by atoms with van der Waals surface area (Å²) in [6.07, 6.45) is 2.65. The molecule has 1 aromatic carbocycles. The van der Waals surface area contributed by atoms with Crippen LogP contribution in [0.3, 0.4) is 0 Å². The number of thiophene rings is 1. The molecule has 0 saturated carbocycles. The largest absolute Gasteiger partial charge is 0.465 e. The first-order valence-corrected chi connectivity index (χ1v) is 12.1. The number of nitrogens with one attached hydrogen (secondary N) is 1. The van der Waals surface area contributed by atoms with Crippen LogP contribution < -0.4 is 5.32 Å². The third-order valence-electron chi connectivity index (χ3n) is 6.33. The number of hydrogen-bond donors (Lipinski definition) is 1. The summed E-state index contributed by atoms with van der Waals surface area (Å²) in [5.41, 5.74) is 2.86. The van der Waals surface area contributed by atoms with Gasteiger partial charge in [-0.3, -0.25) is 4.79 Å². The Morgan fingerprint density at radius 3 is 2.64 bits per heavy atom. The predicted molar refractivity (Wildman–Crippen MR) is 130 cm³/mol. The standard InChI is InChI=1S/C25H27ClN2O4S/c1-13-19(21(28-32-13)15-8-6-7-9-17(15)26)22(29)27-23-20(24(30)31-5)16-11-10-14(25(2,3)4)12-18(16)33-23/h6-9,14H,10-12H2,1-5H3,(H,27,29)/t14-/m1/s1. The fraction of sp³-hybridized carbons (Fsp3) is 0.400. The van der Waals surface area contributed by atoms with Crippen molar-refractivity contribution in [1.29, 1.82) is 0 Å². The van der Waals surface area contributed by atoms with Crippen molar-refractivity contribution in [2.75, 3.05) is 12.4 Å². The minimum absolute atomic E-state index is 0.167. The molecule has 33 heavy (non-hydrogen) atoms. The van der Waals surface area contributed by atoms with Gasteiger partial charge in [-0.05, 0) is 49.1 Å². The molecule has 3 aromatic rings. The fourth-order valence-corrected chi connectivity index (χ4v) is 5.91. The molecule has 6 nitrogen and oxygen atoms in total. The van der Waals surface area contributed by atoms with Gasteiger partial charge in [0.1, 0.15) is 22.0 Å². The van der Waals surface area contributed by atoms with Crippen LogP contribution in [-0.4, -0.2) is 24.1 Å². The molecular weight excluding hydrogens is 460 g/mol. The molecule has 0 aliphatic heterocycles. The lowest BCUT2D eigenvalue weighted by atomic mass is 9.72. The SMILES string of the molecule is COC(=O)c1c(NC(=O)c2c(-c3ccccc3Cl)noc2C)sc2c1CC[C@@H](C(C)(C)C)C2. The van der Waals surface area contributed by atoms with E-state index in [0.717, 1.165) is 29.7 Å². The Kier molecular flexibility index (Phi) is 6.38. The summed E-state index contributed by atoms with van der Waals surface area (Å²) in [4.78, 5) is 27.2. The number of esters is 1. The molecule has 0 bridgehead atoms. The van der Waals surface area contributed by atoms with Crippen LogP contribution >= 0.6 is 22.9 Å². The topological polar surface area (TPSA) is 81.4 Å². The van der Waals surface area contributed by atoms with Gasteiger partial charge in [0.15, 0.2) is 0 Å². The number of ether oxygens (including phenoxy) is 1. The first kappa shape index (κ1) is 23.5. The number of halogens is 1. The van der Waals surface area contributed by atoms with Gasteiger partial charge in [-0.1, -0.05) is 55.7 Å². The van der Waals surface area contributed by atoms with Crippen molar-refractivity contribution >= 4 is 39.8 Å². The van der Waals surface area contributed by atoms with Gasteiger partial charge in [-0.25, -0.2) is 4.79 Å². The van der Waals surface area contributed by atoms with Gasteiger partial charge in [0.05, 0.1) is 17.7 Å². The summed E-state index contributed by atoms with van der Waals surface area (Å²) in [6.45, 7) is 8.40. The van der Waals surface area contributed by atoms with E-state index < -0.39 is 11.9 Å². The highest BCUT2D eigenvalue weighted by Gasteiger charge is 2.35. The zero-order chi connectivity index (χ0) is 23.9. The van der Waals surface area contributed by atoms with E-state index >= 15 is 0 Å². The number of nitrogens with zero attached hydrogens (tertiary/aromatic N) is 1. The van der Waals surface area contributed by atoms with E-state index in [0.29, 0.717) is 38.5 Å². The first-order chi connectivity index (χ1) is 15.6. The number of aromatic nitrogens is 1. The third kappa shape index (κ3) is 4.44. The first-order valence-electron chi connectivity index (χ1n) is 10.9. The van der Waals surface area contributed by atoms with E-state index in [1.165, 1.54) is 18.4 Å². The minimum Gasteiger partial charge on any atom is -0.465 e. The highest BCUT2D eigenvalue weighted by atomic mass is 35.5. The maximum atomic E-state index is 13.4. The number of methoxy groups -OCH3 is 1. The van der Waals surface area contributed by atoms with Gasteiger partial charge in [0.25, 0.3) is 5.91 Å². The van der Waals surface area contributed by atoms with E-state index in [1.807, 2.05) is 12.1 Å². The van der Waals surface area contributed by atoms with Gasteiger partial charge in [0, 0.05) is 10.4 Å². The van der Waals surface area contributed by atoms with Crippen LogP contribution in [-0.2, 0) is 17.6 Å². The van der Waals surface area contributed by atoms with Crippen molar-refractivity contribution in [3.63, 3.8) is 0 Å². The quantitative estimate of drug-likeness (QED) is 0.422. The molecule has 2 aromatic heterocycles. The smallest absolute Gasteiger partial charge is 0.341 e. The van der Waals surface area contributed by atoms with E-state index in [4.69, 9.17) is 20.9 Å². The molecule has 2 heterocycles. The molecule has 0 saturated heterocycles. The molecule has 1 N–H and O–H groups in total. The molecule has 1 amide bonds. The molecule has 8 heteroatoms. The Hall–Kier alpha value is -2.64. The van der Waals surface area contributed by atoms with Crippen molar-refractivity contribution in [3.05, 3.63) is 56.6 Å². The zero-order valence-electron chi connectivity index (χ0n) is 19.4. The minimum atomic E-state index is -0.439. The molecule has 0 fully saturated rings. The van der Waals surface area contributed by atoms with Crippen molar-refractivity contribution in [1.82, 2.24) is 5.16 Å². The van der Waals surface area contributed by atoms with E-state index in [2.05, 4.69) is 31.2 Å². The van der Waals surface area contributed by atoms with Crippen LogP contribution in [0.2, 0.25) is 5.02 Å². The van der Waals surface area contributed by atoms with Gasteiger partial charge >= 0.3 is 5.97 Å². The molecule has 1 aliphatic rings. The number of carbonyl (C=O) groups is 2. The fourth-order valence-electron chi connectivity index (χ4n) is 4.37. The van der Waals surface area contributed by atoms with Crippen LogP contribution in [0.4, 0.5) is 5.00 Å². The molecule has 0 unspecified atom stereocenters. The van der Waals surface area contributed by atoms with E-state index in [1.54, 1.807) is 19.1 Å². The lowest BCUT2D eigenvalue weighted by Crippen LogP contribution is -2.26. The number of rotatable bonds is 4. The number of benzene rings is 1. The van der Waals surface area contributed by atoms with E-state index in [9.17, 15) is 9.59 Å². The van der Waals surface area contributed by atoms with E-state index in [-0.39, 0.29) is 11.0 Å². The van der Waals surface area contributed by atoms with Crippen molar-refractivity contribution in [2.24, 2.45) is 11.3 Å². The molecule has 0 spiro atoms. The monoisotopic (exact) mass is 486 g/mol. The Balaban J connectivity index is 1.72. The Bertz CT molecular complexity index is 1220. The lowest BCUT2D eigenvalue weighted by Gasteiger charge is -2.33. The molecular formula is C25H27ClN2O4S.